The summed E-state index contributed by atoms with van der Waals surface area (Å²) in [5.41, 5.74) is 6.60. The average Bonchev–Trinajstić information content (AvgIpc) is 2.62. The van der Waals surface area contributed by atoms with Gasteiger partial charge < -0.3 is 19.9 Å². The Hall–Kier alpha value is -2.86. The van der Waals surface area contributed by atoms with E-state index in [2.05, 4.69) is 0 Å². The molecule has 0 bridgehead atoms. The Balaban J connectivity index is 1.57. The van der Waals surface area contributed by atoms with Crippen LogP contribution in [0.1, 0.15) is 10.4 Å². The van der Waals surface area contributed by atoms with Crippen LogP contribution in [0.5, 0.6) is 5.75 Å². The second-order valence-electron chi connectivity index (χ2n) is 4.83. The average molecular weight is 329 g/mol. The maximum absolute atomic E-state index is 11.8. The Morgan fingerprint density at radius 3 is 2.25 bits per heavy atom. The molecular weight excluding hydrogens is 310 g/mol. The maximum Gasteiger partial charge on any atom is 0.379 e. The van der Waals surface area contributed by atoms with Gasteiger partial charge in [-0.2, -0.15) is 0 Å². The van der Waals surface area contributed by atoms with Crippen molar-refractivity contribution in [2.24, 2.45) is 0 Å². The highest BCUT2D eigenvalue weighted by atomic mass is 16.6. The Morgan fingerprint density at radius 1 is 0.833 bits per heavy atom. The molecule has 0 atom stereocenters. The van der Waals surface area contributed by atoms with Crippen LogP contribution in [0.25, 0.3) is 0 Å². The number of ketones is 1. The van der Waals surface area contributed by atoms with E-state index in [0.717, 1.165) is 0 Å². The minimum atomic E-state index is -0.891. The van der Waals surface area contributed by atoms with Gasteiger partial charge in [0.1, 0.15) is 19.0 Å². The lowest BCUT2D eigenvalue weighted by molar-refractivity contribution is -0.139. The molecule has 0 amide bonds. The second-order valence-corrected chi connectivity index (χ2v) is 4.83. The number of hydrogen-bond donors (Lipinski definition) is 1. The van der Waals surface area contributed by atoms with E-state index in [1.54, 1.807) is 42.5 Å². The Labute approximate surface area is 140 Å². The number of carbonyl (C=O) groups excluding carboxylic acids is 2. The van der Waals surface area contributed by atoms with Crippen LogP contribution in [-0.2, 0) is 14.3 Å². The van der Waals surface area contributed by atoms with Crippen LogP contribution >= 0.6 is 0 Å². The summed E-state index contributed by atoms with van der Waals surface area (Å²) in [6, 6.07) is 15.4. The molecule has 0 aliphatic rings. The molecule has 0 aliphatic carbocycles. The molecule has 6 nitrogen and oxygen atoms in total. The molecular formula is C18H19NO5. The van der Waals surface area contributed by atoms with Crippen molar-refractivity contribution < 1.29 is 23.8 Å². The highest BCUT2D eigenvalue weighted by Crippen LogP contribution is 2.19. The standard InChI is InChI=1S/C18H19NO5/c19-15-8-4-5-9-16(15)23-12-10-22-11-13-24-18(21)17(20)14-6-2-1-3-7-14/h1-9H,10-13,19H2. The van der Waals surface area contributed by atoms with Crippen molar-refractivity contribution in [1.82, 2.24) is 0 Å². The van der Waals surface area contributed by atoms with E-state index in [9.17, 15) is 9.59 Å². The Kier molecular flexibility index (Phi) is 6.79. The van der Waals surface area contributed by atoms with Gasteiger partial charge in [-0.1, -0.05) is 42.5 Å². The highest BCUT2D eigenvalue weighted by molar-refractivity contribution is 6.40. The zero-order valence-electron chi connectivity index (χ0n) is 13.1. The number of esters is 1. The van der Waals surface area contributed by atoms with Gasteiger partial charge in [-0.25, -0.2) is 4.79 Å². The fourth-order valence-corrected chi connectivity index (χ4v) is 1.89. The summed E-state index contributed by atoms with van der Waals surface area (Å²) in [6.45, 7) is 0.829. The molecule has 2 N–H and O–H groups in total. The van der Waals surface area contributed by atoms with Crippen molar-refractivity contribution in [3.05, 3.63) is 60.2 Å². The number of benzene rings is 2. The molecule has 0 saturated carbocycles. The van der Waals surface area contributed by atoms with Gasteiger partial charge in [0.15, 0.2) is 0 Å². The largest absolute Gasteiger partial charge is 0.489 e. The number of Topliss-reactive ketones (excluding diaryl/α,β-unsaturated/α-hetero) is 1. The van der Waals surface area contributed by atoms with Gasteiger partial charge >= 0.3 is 5.97 Å². The number of nitrogen functional groups attached to an aromatic ring is 1. The first kappa shape index (κ1) is 17.5. The van der Waals surface area contributed by atoms with Gasteiger partial charge in [-0.15, -0.1) is 0 Å². The number of ether oxygens (including phenoxy) is 3. The molecule has 24 heavy (non-hydrogen) atoms. The third-order valence-corrected chi connectivity index (χ3v) is 3.09. The first-order valence-corrected chi connectivity index (χ1v) is 7.50. The van der Waals surface area contributed by atoms with E-state index in [4.69, 9.17) is 19.9 Å². The van der Waals surface area contributed by atoms with Crippen molar-refractivity contribution in [3.63, 3.8) is 0 Å². The monoisotopic (exact) mass is 329 g/mol. The third kappa shape index (κ3) is 5.40. The summed E-state index contributed by atoms with van der Waals surface area (Å²) in [5.74, 6) is -0.961. The van der Waals surface area contributed by atoms with E-state index in [1.165, 1.54) is 0 Å². The molecule has 0 heterocycles. The van der Waals surface area contributed by atoms with Gasteiger partial charge in [-0.05, 0) is 12.1 Å². The minimum absolute atomic E-state index is 0.00484. The molecule has 0 radical (unpaired) electrons. The van der Waals surface area contributed by atoms with Crippen molar-refractivity contribution in [2.45, 2.75) is 0 Å². The van der Waals surface area contributed by atoms with E-state index >= 15 is 0 Å². The smallest absolute Gasteiger partial charge is 0.379 e. The summed E-state index contributed by atoms with van der Waals surface area (Å²) in [6.07, 6.45) is 0. The van der Waals surface area contributed by atoms with Gasteiger partial charge in [0.2, 0.25) is 0 Å². The summed E-state index contributed by atoms with van der Waals surface area (Å²) in [4.78, 5) is 23.3. The highest BCUT2D eigenvalue weighted by Gasteiger charge is 2.16. The SMILES string of the molecule is Nc1ccccc1OCCOCCOC(=O)C(=O)c1ccccc1. The van der Waals surface area contributed by atoms with Crippen molar-refractivity contribution >= 4 is 17.4 Å². The normalized spacial score (nSPS) is 10.2. The number of hydrogen-bond acceptors (Lipinski definition) is 6. The van der Waals surface area contributed by atoms with E-state index in [-0.39, 0.29) is 13.2 Å². The van der Waals surface area contributed by atoms with Crippen LogP contribution in [0.3, 0.4) is 0 Å². The summed E-state index contributed by atoms with van der Waals surface area (Å²) < 4.78 is 15.6. The maximum atomic E-state index is 11.8. The lowest BCUT2D eigenvalue weighted by atomic mass is 10.1. The quantitative estimate of drug-likeness (QED) is 0.249. The second kappa shape index (κ2) is 9.32. The zero-order chi connectivity index (χ0) is 17.2. The Morgan fingerprint density at radius 2 is 1.50 bits per heavy atom. The van der Waals surface area contributed by atoms with Crippen LogP contribution in [-0.4, -0.2) is 38.2 Å². The topological polar surface area (TPSA) is 87.8 Å². The zero-order valence-corrected chi connectivity index (χ0v) is 13.1. The lowest BCUT2D eigenvalue weighted by Gasteiger charge is -2.09. The predicted octanol–water partition coefficient (Wildman–Crippen LogP) is 2.09. The minimum Gasteiger partial charge on any atom is -0.489 e. The summed E-state index contributed by atoms with van der Waals surface area (Å²) >= 11 is 0. The molecule has 0 aliphatic heterocycles. The van der Waals surface area contributed by atoms with Gasteiger partial charge in [0.05, 0.1) is 18.9 Å². The van der Waals surface area contributed by atoms with Gasteiger partial charge in [0.25, 0.3) is 5.78 Å². The fraction of sp³-hybridized carbons (Fsp3) is 0.222. The molecule has 0 unspecified atom stereocenters. The molecule has 0 fully saturated rings. The lowest BCUT2D eigenvalue weighted by Crippen LogP contribution is -2.20. The van der Waals surface area contributed by atoms with E-state index < -0.39 is 11.8 Å². The number of rotatable bonds is 9. The number of anilines is 1. The number of nitrogens with two attached hydrogens (primary N) is 1. The molecule has 0 saturated heterocycles. The number of para-hydroxylation sites is 2. The molecule has 2 aromatic carbocycles. The van der Waals surface area contributed by atoms with Gasteiger partial charge in [-0.3, -0.25) is 4.79 Å². The van der Waals surface area contributed by atoms with Crippen LogP contribution < -0.4 is 10.5 Å². The first-order valence-electron chi connectivity index (χ1n) is 7.50. The van der Waals surface area contributed by atoms with Crippen molar-refractivity contribution in [1.29, 1.82) is 0 Å². The molecule has 0 aromatic heterocycles. The van der Waals surface area contributed by atoms with Crippen LogP contribution in [0.4, 0.5) is 5.69 Å². The van der Waals surface area contributed by atoms with Crippen molar-refractivity contribution in [3.8, 4) is 5.75 Å². The van der Waals surface area contributed by atoms with Crippen LogP contribution in [0.15, 0.2) is 54.6 Å². The van der Waals surface area contributed by atoms with E-state index in [0.29, 0.717) is 30.2 Å². The molecule has 0 spiro atoms. The summed E-state index contributed by atoms with van der Waals surface area (Å²) in [5, 5.41) is 0. The van der Waals surface area contributed by atoms with Crippen molar-refractivity contribution in [2.75, 3.05) is 32.2 Å². The Bertz CT molecular complexity index is 672. The predicted molar refractivity (Wildman–Crippen MR) is 88.9 cm³/mol. The number of carbonyl (C=O) groups is 2. The molecule has 6 heteroatoms. The van der Waals surface area contributed by atoms with E-state index in [1.807, 2.05) is 12.1 Å². The first-order chi connectivity index (χ1) is 11.7. The molecule has 126 valence electrons. The molecule has 2 rings (SSSR count). The summed E-state index contributed by atoms with van der Waals surface area (Å²) in [7, 11) is 0. The fourth-order valence-electron chi connectivity index (χ4n) is 1.89. The third-order valence-electron chi connectivity index (χ3n) is 3.09. The van der Waals surface area contributed by atoms with Crippen LogP contribution in [0, 0.1) is 0 Å². The van der Waals surface area contributed by atoms with Gasteiger partial charge in [0, 0.05) is 5.56 Å². The van der Waals surface area contributed by atoms with Crippen LogP contribution in [0.2, 0.25) is 0 Å². The molecule has 2 aromatic rings.